The van der Waals surface area contributed by atoms with Crippen molar-refractivity contribution in [2.24, 2.45) is 0 Å². The van der Waals surface area contributed by atoms with E-state index < -0.39 is 6.61 Å². The number of hydrogen-bond acceptors (Lipinski definition) is 8. The molecule has 3 aromatic rings. The van der Waals surface area contributed by atoms with Crippen LogP contribution in [0, 0.1) is 11.3 Å². The first-order chi connectivity index (χ1) is 15.5. The second kappa shape index (κ2) is 9.38. The summed E-state index contributed by atoms with van der Waals surface area (Å²) in [6.45, 7) is -2.92. The maximum absolute atomic E-state index is 12.2. The van der Waals surface area contributed by atoms with Gasteiger partial charge >= 0.3 is 6.61 Å². The molecule has 0 aromatic carbocycles. The van der Waals surface area contributed by atoms with Crippen molar-refractivity contribution in [2.75, 3.05) is 10.6 Å². The van der Waals surface area contributed by atoms with Crippen LogP contribution in [0.2, 0.25) is 0 Å². The second-order valence-electron chi connectivity index (χ2n) is 7.23. The minimum atomic E-state index is -2.92. The highest BCUT2D eigenvalue weighted by Gasteiger charge is 2.26. The molecule has 1 fully saturated rings. The maximum atomic E-state index is 12.2. The van der Waals surface area contributed by atoms with Gasteiger partial charge in [0.15, 0.2) is 5.75 Å². The van der Waals surface area contributed by atoms with Gasteiger partial charge in [-0.3, -0.25) is 9.36 Å². The minimum Gasteiger partial charge on any atom is -0.432 e. The maximum Gasteiger partial charge on any atom is 0.387 e. The smallest absolute Gasteiger partial charge is 0.387 e. The number of halogens is 2. The topological polar surface area (TPSA) is 118 Å². The molecule has 3 aromatic heterocycles. The Morgan fingerprint density at radius 1 is 1.12 bits per heavy atom. The molecule has 32 heavy (non-hydrogen) atoms. The molecule has 4 rings (SSSR count). The molecule has 0 radical (unpaired) electrons. The van der Waals surface area contributed by atoms with Crippen LogP contribution in [0.4, 0.5) is 20.5 Å². The molecular formula is C21H19F2N7O2. The SMILES string of the molecule is N#Cc1cc(-n2ccccc2=O)cnc1N[C@H]1CC[C@H](Nc2ncc(OC(F)F)cn2)C1. The van der Waals surface area contributed by atoms with Gasteiger partial charge in [0.05, 0.1) is 29.8 Å². The fourth-order valence-corrected chi connectivity index (χ4v) is 3.60. The van der Waals surface area contributed by atoms with Crippen molar-refractivity contribution in [3.63, 3.8) is 0 Å². The summed E-state index contributed by atoms with van der Waals surface area (Å²) < 4.78 is 30.1. The van der Waals surface area contributed by atoms with E-state index in [4.69, 9.17) is 0 Å². The highest BCUT2D eigenvalue weighted by atomic mass is 19.3. The lowest BCUT2D eigenvalue weighted by Gasteiger charge is -2.16. The third-order valence-electron chi connectivity index (χ3n) is 5.05. The van der Waals surface area contributed by atoms with Gasteiger partial charge < -0.3 is 15.4 Å². The number of alkyl halides is 2. The average Bonchev–Trinajstić information content (AvgIpc) is 3.22. The Morgan fingerprint density at radius 3 is 2.56 bits per heavy atom. The van der Waals surface area contributed by atoms with Gasteiger partial charge in [-0.15, -0.1) is 0 Å². The Bertz CT molecular complexity index is 1180. The summed E-state index contributed by atoms with van der Waals surface area (Å²) in [4.78, 5) is 24.4. The van der Waals surface area contributed by atoms with Gasteiger partial charge in [0.25, 0.3) is 5.56 Å². The summed E-state index contributed by atoms with van der Waals surface area (Å²) >= 11 is 0. The monoisotopic (exact) mass is 439 g/mol. The molecule has 0 aliphatic heterocycles. The van der Waals surface area contributed by atoms with Crippen LogP contribution in [0.3, 0.4) is 0 Å². The van der Waals surface area contributed by atoms with Crippen LogP contribution in [0.5, 0.6) is 5.75 Å². The molecule has 164 valence electrons. The summed E-state index contributed by atoms with van der Waals surface area (Å²) in [7, 11) is 0. The minimum absolute atomic E-state index is 0.0684. The Kier molecular flexibility index (Phi) is 6.21. The van der Waals surface area contributed by atoms with Crippen LogP contribution >= 0.6 is 0 Å². The number of nitrogens with zero attached hydrogens (tertiary/aromatic N) is 5. The van der Waals surface area contributed by atoms with E-state index in [1.54, 1.807) is 30.6 Å². The standard InChI is InChI=1S/C21H19F2N7O2/c22-20(23)32-17-11-26-21(27-12-17)29-15-5-4-14(8-15)28-19-13(9-24)7-16(10-25-19)30-6-2-1-3-18(30)31/h1-3,6-7,10-12,14-15,20H,4-5,8H2,(H,25,28)(H,26,27,29)/t14-,15-/m0/s1. The van der Waals surface area contributed by atoms with E-state index in [1.807, 2.05) is 0 Å². The van der Waals surface area contributed by atoms with Crippen molar-refractivity contribution < 1.29 is 13.5 Å². The number of ether oxygens (including phenoxy) is 1. The van der Waals surface area contributed by atoms with E-state index >= 15 is 0 Å². The number of anilines is 2. The molecule has 9 nitrogen and oxygen atoms in total. The van der Waals surface area contributed by atoms with Gasteiger partial charge in [0, 0.05) is 24.3 Å². The lowest BCUT2D eigenvalue weighted by Crippen LogP contribution is -2.22. The summed E-state index contributed by atoms with van der Waals surface area (Å²) in [5.41, 5.74) is 0.646. The molecular weight excluding hydrogens is 420 g/mol. The van der Waals surface area contributed by atoms with E-state index in [2.05, 4.69) is 36.4 Å². The number of aromatic nitrogens is 4. The molecule has 2 N–H and O–H groups in total. The van der Waals surface area contributed by atoms with Crippen molar-refractivity contribution in [3.05, 3.63) is 65.0 Å². The predicted octanol–water partition coefficient (Wildman–Crippen LogP) is 2.94. The van der Waals surface area contributed by atoms with Crippen LogP contribution in [-0.4, -0.2) is 38.2 Å². The largest absolute Gasteiger partial charge is 0.432 e. The molecule has 0 saturated heterocycles. The number of nitriles is 1. The highest BCUT2D eigenvalue weighted by molar-refractivity contribution is 5.56. The van der Waals surface area contributed by atoms with Gasteiger partial charge in [0.2, 0.25) is 5.95 Å². The number of rotatable bonds is 7. The van der Waals surface area contributed by atoms with Crippen molar-refractivity contribution in [2.45, 2.75) is 38.0 Å². The van der Waals surface area contributed by atoms with Crippen LogP contribution in [-0.2, 0) is 0 Å². The molecule has 1 aliphatic carbocycles. The van der Waals surface area contributed by atoms with Gasteiger partial charge in [0.1, 0.15) is 11.9 Å². The summed E-state index contributed by atoms with van der Waals surface area (Å²) in [5, 5.41) is 16.0. The molecule has 0 amide bonds. The first kappa shape index (κ1) is 21.2. The molecule has 2 atom stereocenters. The third kappa shape index (κ3) is 4.97. The molecule has 0 unspecified atom stereocenters. The van der Waals surface area contributed by atoms with Gasteiger partial charge in [-0.25, -0.2) is 15.0 Å². The van der Waals surface area contributed by atoms with E-state index in [0.29, 0.717) is 23.0 Å². The number of pyridine rings is 2. The predicted molar refractivity (Wildman–Crippen MR) is 112 cm³/mol. The average molecular weight is 439 g/mol. The zero-order valence-corrected chi connectivity index (χ0v) is 16.8. The van der Waals surface area contributed by atoms with Gasteiger partial charge in [-0.1, -0.05) is 6.07 Å². The molecule has 0 spiro atoms. The molecule has 1 aliphatic rings. The van der Waals surface area contributed by atoms with Crippen molar-refractivity contribution >= 4 is 11.8 Å². The quantitative estimate of drug-likeness (QED) is 0.577. The zero-order chi connectivity index (χ0) is 22.5. The summed E-state index contributed by atoms with van der Waals surface area (Å²) in [5.74, 6) is 0.675. The molecule has 1 saturated carbocycles. The number of nitrogens with one attached hydrogen (secondary N) is 2. The molecule has 3 heterocycles. The van der Waals surface area contributed by atoms with E-state index in [9.17, 15) is 18.8 Å². The van der Waals surface area contributed by atoms with Crippen LogP contribution < -0.4 is 20.9 Å². The normalized spacial score (nSPS) is 17.7. The van der Waals surface area contributed by atoms with Crippen LogP contribution in [0.1, 0.15) is 24.8 Å². The van der Waals surface area contributed by atoms with Gasteiger partial charge in [-0.2, -0.15) is 14.0 Å². The lowest BCUT2D eigenvalue weighted by molar-refractivity contribution is -0.0503. The summed E-state index contributed by atoms with van der Waals surface area (Å²) in [6.07, 6.45) is 7.93. The van der Waals surface area contributed by atoms with Crippen molar-refractivity contribution in [1.82, 2.24) is 19.5 Å². The first-order valence-electron chi connectivity index (χ1n) is 9.90. The van der Waals surface area contributed by atoms with E-state index in [0.717, 1.165) is 19.3 Å². The first-order valence-corrected chi connectivity index (χ1v) is 9.90. The van der Waals surface area contributed by atoms with Crippen molar-refractivity contribution in [3.8, 4) is 17.5 Å². The lowest BCUT2D eigenvalue weighted by atomic mass is 10.2. The Morgan fingerprint density at radius 2 is 1.88 bits per heavy atom. The zero-order valence-electron chi connectivity index (χ0n) is 16.8. The third-order valence-corrected chi connectivity index (χ3v) is 5.05. The molecule has 11 heteroatoms. The Labute approximate surface area is 181 Å². The van der Waals surface area contributed by atoms with Crippen LogP contribution in [0.15, 0.2) is 53.8 Å². The Hall–Kier alpha value is -4.07. The van der Waals surface area contributed by atoms with Gasteiger partial charge in [-0.05, 0) is 31.4 Å². The van der Waals surface area contributed by atoms with Crippen LogP contribution in [0.25, 0.3) is 5.69 Å². The number of hydrogen-bond donors (Lipinski definition) is 2. The molecule has 0 bridgehead atoms. The summed E-state index contributed by atoms with van der Waals surface area (Å²) in [6, 6.07) is 8.71. The fraction of sp³-hybridized carbons (Fsp3) is 0.286. The highest BCUT2D eigenvalue weighted by Crippen LogP contribution is 2.26. The van der Waals surface area contributed by atoms with Crippen molar-refractivity contribution in [1.29, 1.82) is 5.26 Å². The van der Waals surface area contributed by atoms with E-state index in [1.165, 1.54) is 23.0 Å². The fourth-order valence-electron chi connectivity index (χ4n) is 3.60. The Balaban J connectivity index is 1.38. The van der Waals surface area contributed by atoms with E-state index in [-0.39, 0.29) is 23.4 Å². The second-order valence-corrected chi connectivity index (χ2v) is 7.23.